The third-order valence-electron chi connectivity index (χ3n) is 3.41. The van der Waals surface area contributed by atoms with Crippen molar-refractivity contribution in [2.75, 3.05) is 19.7 Å². The summed E-state index contributed by atoms with van der Waals surface area (Å²) in [5, 5.41) is 0.535. The number of carbonyl (C=O) groups excluding carboxylic acids is 1. The van der Waals surface area contributed by atoms with E-state index in [0.29, 0.717) is 30.6 Å². The molecule has 1 aromatic rings. The molecule has 19 heavy (non-hydrogen) atoms. The number of ketones is 1. The average Bonchev–Trinajstić information content (AvgIpc) is 2.41. The number of morpholine rings is 1. The van der Waals surface area contributed by atoms with Crippen LogP contribution < -0.4 is 0 Å². The number of hydrogen-bond donors (Lipinski definition) is 0. The number of aromatic nitrogens is 1. The molecule has 1 aliphatic rings. The van der Waals surface area contributed by atoms with Crippen LogP contribution in [0, 0.1) is 0 Å². The van der Waals surface area contributed by atoms with E-state index in [0.717, 1.165) is 12.1 Å². The highest BCUT2D eigenvalue weighted by Crippen LogP contribution is 2.17. The third-order valence-corrected chi connectivity index (χ3v) is 3.75. The Morgan fingerprint density at radius 3 is 3.11 bits per heavy atom. The van der Waals surface area contributed by atoms with E-state index in [1.54, 1.807) is 18.5 Å². The summed E-state index contributed by atoms with van der Waals surface area (Å²) in [6, 6.07) is 2.22. The largest absolute Gasteiger partial charge is 0.368 e. The predicted octanol–water partition coefficient (Wildman–Crippen LogP) is 1.96. The third kappa shape index (κ3) is 3.75. The standard InChI is InChI=1S/C14H19ClN2O2/c1-10(2)17-5-6-19-14(9-17)13(18)7-11-3-4-16-8-12(11)15/h3-4,8,10,14H,5-7,9H2,1-2H3. The van der Waals surface area contributed by atoms with Crippen molar-refractivity contribution in [2.24, 2.45) is 0 Å². The lowest BCUT2D eigenvalue weighted by molar-refractivity contribution is -0.136. The van der Waals surface area contributed by atoms with Crippen molar-refractivity contribution in [3.05, 3.63) is 29.0 Å². The van der Waals surface area contributed by atoms with E-state index in [1.165, 1.54) is 0 Å². The van der Waals surface area contributed by atoms with E-state index >= 15 is 0 Å². The van der Waals surface area contributed by atoms with Crippen LogP contribution in [0.1, 0.15) is 19.4 Å². The number of hydrogen-bond acceptors (Lipinski definition) is 4. The second-order valence-corrected chi connectivity index (χ2v) is 5.47. The summed E-state index contributed by atoms with van der Waals surface area (Å²) < 4.78 is 5.58. The summed E-state index contributed by atoms with van der Waals surface area (Å²) in [4.78, 5) is 18.4. The second-order valence-electron chi connectivity index (χ2n) is 5.06. The molecule has 5 heteroatoms. The second kappa shape index (κ2) is 6.46. The SMILES string of the molecule is CC(C)N1CCOC(C(=O)Cc2ccncc2Cl)C1. The zero-order valence-corrected chi connectivity index (χ0v) is 12.1. The van der Waals surface area contributed by atoms with Gasteiger partial charge in [-0.3, -0.25) is 14.7 Å². The molecule has 1 fully saturated rings. The van der Waals surface area contributed by atoms with Gasteiger partial charge in [-0.1, -0.05) is 11.6 Å². The fraction of sp³-hybridized carbons (Fsp3) is 0.571. The lowest BCUT2D eigenvalue weighted by Gasteiger charge is -2.34. The van der Waals surface area contributed by atoms with Gasteiger partial charge in [-0.2, -0.15) is 0 Å². The van der Waals surface area contributed by atoms with Gasteiger partial charge >= 0.3 is 0 Å². The molecule has 0 amide bonds. The van der Waals surface area contributed by atoms with Crippen molar-refractivity contribution in [1.82, 2.24) is 9.88 Å². The molecule has 0 saturated carbocycles. The van der Waals surface area contributed by atoms with Crippen molar-refractivity contribution < 1.29 is 9.53 Å². The first-order chi connectivity index (χ1) is 9.08. The smallest absolute Gasteiger partial charge is 0.167 e. The molecule has 1 atom stereocenters. The molecule has 2 heterocycles. The van der Waals surface area contributed by atoms with Crippen LogP contribution in [0.15, 0.2) is 18.5 Å². The molecule has 0 bridgehead atoms. The Kier molecular flexibility index (Phi) is 4.91. The van der Waals surface area contributed by atoms with Gasteiger partial charge in [0.15, 0.2) is 5.78 Å². The van der Waals surface area contributed by atoms with Crippen LogP contribution in [0.4, 0.5) is 0 Å². The monoisotopic (exact) mass is 282 g/mol. The number of rotatable bonds is 4. The topological polar surface area (TPSA) is 42.4 Å². The molecule has 104 valence electrons. The van der Waals surface area contributed by atoms with Gasteiger partial charge in [0, 0.05) is 37.9 Å². The van der Waals surface area contributed by atoms with Crippen molar-refractivity contribution in [3.63, 3.8) is 0 Å². The van der Waals surface area contributed by atoms with Gasteiger partial charge < -0.3 is 4.74 Å². The minimum atomic E-state index is -0.347. The summed E-state index contributed by atoms with van der Waals surface area (Å²) in [7, 11) is 0. The lowest BCUT2D eigenvalue weighted by atomic mass is 10.0. The molecular weight excluding hydrogens is 264 g/mol. The lowest BCUT2D eigenvalue weighted by Crippen LogP contribution is -2.49. The molecule has 0 spiro atoms. The molecule has 0 aromatic carbocycles. The summed E-state index contributed by atoms with van der Waals surface area (Å²) in [5.41, 5.74) is 0.812. The van der Waals surface area contributed by atoms with Gasteiger partial charge in [-0.25, -0.2) is 0 Å². The zero-order valence-electron chi connectivity index (χ0n) is 11.3. The molecule has 0 aliphatic carbocycles. The Balaban J connectivity index is 1.98. The molecule has 1 aromatic heterocycles. The highest BCUT2D eigenvalue weighted by molar-refractivity contribution is 6.31. The molecule has 0 N–H and O–H groups in total. The van der Waals surface area contributed by atoms with Crippen LogP contribution in [0.5, 0.6) is 0 Å². The first kappa shape index (κ1) is 14.4. The Hall–Kier alpha value is -0.970. The Labute approximate surface area is 118 Å². The Bertz CT molecular complexity index is 451. The van der Waals surface area contributed by atoms with Gasteiger partial charge in [0.25, 0.3) is 0 Å². The summed E-state index contributed by atoms with van der Waals surface area (Å²) in [5.74, 6) is 0.0819. The highest BCUT2D eigenvalue weighted by Gasteiger charge is 2.27. The Morgan fingerprint density at radius 2 is 2.42 bits per heavy atom. The van der Waals surface area contributed by atoms with Crippen molar-refractivity contribution >= 4 is 17.4 Å². The molecule has 1 aliphatic heterocycles. The fourth-order valence-electron chi connectivity index (χ4n) is 2.18. The van der Waals surface area contributed by atoms with E-state index in [4.69, 9.17) is 16.3 Å². The maximum absolute atomic E-state index is 12.3. The normalized spacial score (nSPS) is 20.7. The first-order valence-electron chi connectivity index (χ1n) is 6.54. The fourth-order valence-corrected chi connectivity index (χ4v) is 2.37. The maximum atomic E-state index is 12.3. The quantitative estimate of drug-likeness (QED) is 0.847. The van der Waals surface area contributed by atoms with Gasteiger partial charge in [0.1, 0.15) is 6.10 Å². The van der Waals surface area contributed by atoms with Crippen molar-refractivity contribution in [1.29, 1.82) is 0 Å². The zero-order chi connectivity index (χ0) is 13.8. The average molecular weight is 283 g/mol. The van der Waals surface area contributed by atoms with E-state index in [9.17, 15) is 4.79 Å². The number of pyridine rings is 1. The molecule has 0 radical (unpaired) electrons. The van der Waals surface area contributed by atoms with Gasteiger partial charge in [-0.15, -0.1) is 0 Å². The van der Waals surface area contributed by atoms with Gasteiger partial charge in [0.05, 0.1) is 11.6 Å². The van der Waals surface area contributed by atoms with Gasteiger partial charge in [-0.05, 0) is 25.5 Å². The number of halogens is 1. The van der Waals surface area contributed by atoms with E-state index in [1.807, 2.05) is 0 Å². The molecule has 4 nitrogen and oxygen atoms in total. The predicted molar refractivity (Wildman–Crippen MR) is 74.4 cm³/mol. The molecule has 2 rings (SSSR count). The summed E-state index contributed by atoms with van der Waals surface area (Å²) >= 11 is 6.02. The van der Waals surface area contributed by atoms with Crippen molar-refractivity contribution in [2.45, 2.75) is 32.4 Å². The minimum Gasteiger partial charge on any atom is -0.368 e. The van der Waals surface area contributed by atoms with Crippen LogP contribution >= 0.6 is 11.6 Å². The van der Waals surface area contributed by atoms with Crippen LogP contribution in [0.3, 0.4) is 0 Å². The minimum absolute atomic E-state index is 0.0819. The maximum Gasteiger partial charge on any atom is 0.167 e. The molecule has 1 unspecified atom stereocenters. The molecule has 1 saturated heterocycles. The van der Waals surface area contributed by atoms with E-state index in [2.05, 4.69) is 23.7 Å². The Morgan fingerprint density at radius 1 is 1.63 bits per heavy atom. The van der Waals surface area contributed by atoms with Crippen LogP contribution in [-0.4, -0.2) is 47.5 Å². The van der Waals surface area contributed by atoms with Crippen LogP contribution in [0.25, 0.3) is 0 Å². The van der Waals surface area contributed by atoms with E-state index in [-0.39, 0.29) is 11.9 Å². The molecular formula is C14H19ClN2O2. The summed E-state index contributed by atoms with van der Waals surface area (Å²) in [6.45, 7) is 6.43. The summed E-state index contributed by atoms with van der Waals surface area (Å²) in [6.07, 6.45) is 3.17. The number of nitrogens with zero attached hydrogens (tertiary/aromatic N) is 2. The van der Waals surface area contributed by atoms with Crippen LogP contribution in [0.2, 0.25) is 5.02 Å². The highest BCUT2D eigenvalue weighted by atomic mass is 35.5. The van der Waals surface area contributed by atoms with Crippen molar-refractivity contribution in [3.8, 4) is 0 Å². The van der Waals surface area contributed by atoms with Gasteiger partial charge in [0.2, 0.25) is 0 Å². The number of Topliss-reactive ketones (excluding diaryl/α,β-unsaturated/α-hetero) is 1. The first-order valence-corrected chi connectivity index (χ1v) is 6.92. The van der Waals surface area contributed by atoms with E-state index < -0.39 is 0 Å². The number of carbonyl (C=O) groups is 1. The number of ether oxygens (including phenoxy) is 1. The van der Waals surface area contributed by atoms with Crippen LogP contribution in [-0.2, 0) is 16.0 Å².